The van der Waals surface area contributed by atoms with Gasteiger partial charge in [0.05, 0.1) is 9.52 Å². The van der Waals surface area contributed by atoms with Gasteiger partial charge in [0, 0.05) is 0 Å². The Balaban J connectivity index is 0.000000145. The molecule has 0 aromatic heterocycles. The van der Waals surface area contributed by atoms with Gasteiger partial charge in [0.25, 0.3) is 0 Å². The van der Waals surface area contributed by atoms with Crippen molar-refractivity contribution in [2.24, 2.45) is 0 Å². The maximum Gasteiger partial charge on any atom is 3.00 e. The molecule has 1 heterocycles. The van der Waals surface area contributed by atoms with Crippen molar-refractivity contribution in [2.45, 2.75) is 81.1 Å². The van der Waals surface area contributed by atoms with Gasteiger partial charge in [-0.15, -0.1) is 74.6 Å². The minimum Gasteiger partial charge on any atom is -0.184 e. The van der Waals surface area contributed by atoms with E-state index in [1.165, 1.54) is 135 Å². The second-order valence-electron chi connectivity index (χ2n) is 15.5. The molecular formula is C54H53SiZr. The molecule has 0 aliphatic carbocycles. The van der Waals surface area contributed by atoms with E-state index in [1.807, 2.05) is 6.07 Å². The van der Waals surface area contributed by atoms with Crippen LogP contribution in [-0.2, 0) is 39.0 Å². The number of aryl methyl sites for hydroxylation is 6. The molecule has 0 amide bonds. The maximum absolute atomic E-state index is 3.31. The summed E-state index contributed by atoms with van der Waals surface area (Å²) < 4.78 is 0. The van der Waals surface area contributed by atoms with Gasteiger partial charge in [-0.2, -0.15) is 41.6 Å². The molecule has 0 saturated heterocycles. The molecule has 0 unspecified atom stereocenters. The van der Waals surface area contributed by atoms with Gasteiger partial charge in [-0.05, 0) is 87.8 Å². The Morgan fingerprint density at radius 2 is 0.982 bits per heavy atom. The number of rotatable bonds is 6. The zero-order valence-corrected chi connectivity index (χ0v) is 37.9. The fourth-order valence-electron chi connectivity index (χ4n) is 8.29. The van der Waals surface area contributed by atoms with Gasteiger partial charge < -0.3 is 0 Å². The zero-order valence-electron chi connectivity index (χ0n) is 34.5. The van der Waals surface area contributed by atoms with Crippen LogP contribution in [0.5, 0.6) is 0 Å². The van der Waals surface area contributed by atoms with Crippen LogP contribution >= 0.6 is 0 Å². The Kier molecular flexibility index (Phi) is 13.5. The van der Waals surface area contributed by atoms with Crippen LogP contribution in [0.15, 0.2) is 127 Å². The molecule has 0 bridgehead atoms. The van der Waals surface area contributed by atoms with Crippen molar-refractivity contribution in [3.8, 4) is 33.4 Å². The van der Waals surface area contributed by atoms with Gasteiger partial charge in [0.15, 0.2) is 0 Å². The van der Waals surface area contributed by atoms with Crippen LogP contribution in [0.25, 0.3) is 54.9 Å². The van der Waals surface area contributed by atoms with Crippen molar-refractivity contribution in [2.75, 3.05) is 0 Å². The quantitative estimate of drug-likeness (QED) is 0.116. The first-order chi connectivity index (χ1) is 26.6. The first-order valence-electron chi connectivity index (χ1n) is 20.0. The molecule has 9 rings (SSSR count). The number of benzene rings is 6. The van der Waals surface area contributed by atoms with Crippen LogP contribution in [0.3, 0.4) is 0 Å². The Labute approximate surface area is 357 Å². The largest absolute Gasteiger partial charge is 3.00 e. The van der Waals surface area contributed by atoms with E-state index >= 15 is 0 Å². The molecule has 0 fully saturated rings. The van der Waals surface area contributed by atoms with Gasteiger partial charge in [-0.25, -0.2) is 0 Å². The van der Waals surface area contributed by atoms with Crippen molar-refractivity contribution < 1.29 is 26.2 Å². The van der Waals surface area contributed by atoms with E-state index in [-0.39, 0.29) is 26.2 Å². The normalized spacial score (nSPS) is 11.3. The first-order valence-corrected chi connectivity index (χ1v) is 21.0. The first kappa shape index (κ1) is 41.3. The standard InChI is InChI=1S/2C21H23.C12H7Si.Zr/c2*1-5-7-17-12-18-8-6-9-19(21(18)13-17)20-11-14(2)10-15(3)16(20)4;1-3-7-11-9(5-1)10-6-2-4-8-12(10)13-11;/h2*6,8-13H,5,7H2,1-4H3;1-7H;/q3*-1;+3. The molecular weight excluding hydrogens is 768 g/mol. The van der Waals surface area contributed by atoms with Crippen LogP contribution in [0.1, 0.15) is 71.2 Å². The van der Waals surface area contributed by atoms with E-state index < -0.39 is 0 Å². The summed E-state index contributed by atoms with van der Waals surface area (Å²) in [5, 5.41) is 8.36. The summed E-state index contributed by atoms with van der Waals surface area (Å²) in [6.07, 6.45) is 4.74. The molecule has 0 atom stereocenters. The SMILES string of the molecule is CCCc1cc2c(-c3cc(C)cc(C)c3C)cccc2[cH-]1.CCCc1cc2c(-c3cc(C)cc(C)c3C)cccc2[cH-]1.[Zr+3].[c-]1cccc2c1[Si]c1ccccc1-2. The van der Waals surface area contributed by atoms with E-state index in [0.29, 0.717) is 0 Å². The van der Waals surface area contributed by atoms with Crippen molar-refractivity contribution in [3.05, 3.63) is 178 Å². The molecule has 1 aliphatic heterocycles. The molecule has 1 aliphatic rings. The molecule has 0 nitrogen and oxygen atoms in total. The minimum absolute atomic E-state index is 0. The second-order valence-corrected chi connectivity index (χ2v) is 16.8. The van der Waals surface area contributed by atoms with Gasteiger partial charge >= 0.3 is 26.2 Å². The van der Waals surface area contributed by atoms with E-state index in [9.17, 15) is 0 Å². The topological polar surface area (TPSA) is 0 Å². The molecule has 8 aromatic rings. The van der Waals surface area contributed by atoms with E-state index in [4.69, 9.17) is 0 Å². The maximum atomic E-state index is 3.31. The summed E-state index contributed by atoms with van der Waals surface area (Å²) in [7, 11) is 0.795. The van der Waals surface area contributed by atoms with E-state index in [2.05, 4.69) is 183 Å². The third kappa shape index (κ3) is 8.78. The Morgan fingerprint density at radius 1 is 0.500 bits per heavy atom. The van der Waals surface area contributed by atoms with Gasteiger partial charge in [0.1, 0.15) is 0 Å². The number of hydrogen-bond acceptors (Lipinski definition) is 0. The monoisotopic (exact) mass is 819 g/mol. The van der Waals surface area contributed by atoms with Crippen molar-refractivity contribution in [1.29, 1.82) is 0 Å². The molecule has 0 saturated carbocycles. The molecule has 2 heteroatoms. The molecule has 277 valence electrons. The van der Waals surface area contributed by atoms with Crippen molar-refractivity contribution in [1.82, 2.24) is 0 Å². The predicted molar refractivity (Wildman–Crippen MR) is 242 cm³/mol. The van der Waals surface area contributed by atoms with Crippen molar-refractivity contribution in [3.63, 3.8) is 0 Å². The smallest absolute Gasteiger partial charge is 0.184 e. The third-order valence-corrected chi connectivity index (χ3v) is 12.6. The van der Waals surface area contributed by atoms with E-state index in [1.54, 1.807) is 0 Å². The van der Waals surface area contributed by atoms with Crippen molar-refractivity contribution >= 4 is 41.4 Å². The molecule has 0 N–H and O–H groups in total. The molecule has 3 radical (unpaired) electrons. The summed E-state index contributed by atoms with van der Waals surface area (Å²) in [4.78, 5) is 0. The summed E-state index contributed by atoms with van der Waals surface area (Å²) >= 11 is 0. The minimum atomic E-state index is 0. The fourth-order valence-corrected chi connectivity index (χ4v) is 9.60. The average Bonchev–Trinajstić information content (AvgIpc) is 3.90. The molecule has 56 heavy (non-hydrogen) atoms. The van der Waals surface area contributed by atoms with Crippen LogP contribution in [0.4, 0.5) is 0 Å². The summed E-state index contributed by atoms with van der Waals surface area (Å²) in [5.74, 6) is 0. The molecule has 8 aromatic carbocycles. The Morgan fingerprint density at radius 3 is 1.50 bits per heavy atom. The van der Waals surface area contributed by atoms with Crippen LogP contribution in [-0.4, -0.2) is 9.52 Å². The average molecular weight is 821 g/mol. The van der Waals surface area contributed by atoms with E-state index in [0.717, 1.165) is 9.52 Å². The van der Waals surface area contributed by atoms with Gasteiger partial charge in [-0.1, -0.05) is 120 Å². The molecule has 0 spiro atoms. The Bertz CT molecular complexity index is 2430. The second kappa shape index (κ2) is 18.3. The Hall–Kier alpha value is -4.36. The summed E-state index contributed by atoms with van der Waals surface area (Å²) in [6.45, 7) is 17.7. The number of fused-ring (bicyclic) bond motifs is 5. The third-order valence-electron chi connectivity index (χ3n) is 11.2. The van der Waals surface area contributed by atoms with Gasteiger partial charge in [0.2, 0.25) is 0 Å². The van der Waals surface area contributed by atoms with Gasteiger partial charge in [-0.3, -0.25) is 0 Å². The van der Waals surface area contributed by atoms with Crippen LogP contribution in [0, 0.1) is 47.6 Å². The zero-order chi connectivity index (χ0) is 38.6. The number of hydrogen-bond donors (Lipinski definition) is 0. The summed E-state index contributed by atoms with van der Waals surface area (Å²) in [5.41, 5.74) is 19.4. The fraction of sp³-hybridized carbons (Fsp3) is 0.222. The summed E-state index contributed by atoms with van der Waals surface area (Å²) in [6, 6.07) is 50.2. The van der Waals surface area contributed by atoms with Crippen LogP contribution < -0.4 is 10.4 Å². The van der Waals surface area contributed by atoms with Crippen LogP contribution in [0.2, 0.25) is 0 Å². The predicted octanol–water partition coefficient (Wildman–Crippen LogP) is 13.3.